The van der Waals surface area contributed by atoms with Crippen molar-refractivity contribution in [3.8, 4) is 0 Å². The van der Waals surface area contributed by atoms with E-state index in [9.17, 15) is 4.79 Å². The lowest BCUT2D eigenvalue weighted by atomic mass is 10.7. The zero-order valence-electron chi connectivity index (χ0n) is 5.46. The highest BCUT2D eigenvalue weighted by Crippen LogP contribution is 1.54. The first-order chi connectivity index (χ1) is 4.18. The van der Waals surface area contributed by atoms with E-state index < -0.39 is 5.97 Å². The molecular formula is C5H10O4. The fraction of sp³-hybridized carbons (Fsp3) is 0.400. The molecule has 4 nitrogen and oxygen atoms in total. The molecule has 9 heavy (non-hydrogen) atoms. The van der Waals surface area contributed by atoms with E-state index in [1.807, 2.05) is 0 Å². The molecule has 0 aliphatic carbocycles. The summed E-state index contributed by atoms with van der Waals surface area (Å²) in [5.74, 6) is -0.981. The minimum Gasteiger partial charge on any atom is -0.478 e. The lowest BCUT2D eigenvalue weighted by molar-refractivity contribution is -0.248. The first-order valence-electron chi connectivity index (χ1n) is 2.11. The quantitative estimate of drug-likeness (QED) is 0.338. The third-order valence-electron chi connectivity index (χ3n) is 0.341. The van der Waals surface area contributed by atoms with Crippen molar-refractivity contribution in [1.29, 1.82) is 0 Å². The van der Waals surface area contributed by atoms with Crippen molar-refractivity contribution in [2.24, 2.45) is 0 Å². The van der Waals surface area contributed by atoms with Crippen molar-refractivity contribution in [3.05, 3.63) is 12.7 Å². The summed E-state index contributed by atoms with van der Waals surface area (Å²) < 4.78 is 0. The van der Waals surface area contributed by atoms with Gasteiger partial charge in [0.15, 0.2) is 0 Å². The van der Waals surface area contributed by atoms with Crippen LogP contribution in [0.1, 0.15) is 0 Å². The molecule has 0 saturated carbocycles. The van der Waals surface area contributed by atoms with Gasteiger partial charge in [0.1, 0.15) is 0 Å². The van der Waals surface area contributed by atoms with E-state index in [1.54, 1.807) is 0 Å². The number of hydrogen-bond donors (Lipinski definition) is 1. The Kier molecular flexibility index (Phi) is 12.4. The Bertz CT molecular complexity index is 77.0. The van der Waals surface area contributed by atoms with Gasteiger partial charge in [-0.25, -0.2) is 14.6 Å². The Hall–Kier alpha value is -0.870. The molecule has 4 heteroatoms. The van der Waals surface area contributed by atoms with Crippen molar-refractivity contribution in [2.45, 2.75) is 0 Å². The topological polar surface area (TPSA) is 55.8 Å². The molecule has 0 spiro atoms. The van der Waals surface area contributed by atoms with E-state index in [-0.39, 0.29) is 0 Å². The summed E-state index contributed by atoms with van der Waals surface area (Å²) in [4.78, 5) is 17.3. The molecule has 0 saturated heterocycles. The third-order valence-corrected chi connectivity index (χ3v) is 0.341. The molecule has 0 amide bonds. The molecule has 0 radical (unpaired) electrons. The maximum Gasteiger partial charge on any atom is 0.327 e. The smallest absolute Gasteiger partial charge is 0.327 e. The molecule has 0 fully saturated rings. The van der Waals surface area contributed by atoms with Crippen molar-refractivity contribution < 1.29 is 19.7 Å². The molecule has 0 aromatic carbocycles. The number of hydrogen-bond acceptors (Lipinski definition) is 3. The predicted octanol–water partition coefficient (Wildman–Crippen LogP) is 0.451. The van der Waals surface area contributed by atoms with Crippen LogP contribution in [-0.4, -0.2) is 25.3 Å². The van der Waals surface area contributed by atoms with E-state index in [0.717, 1.165) is 6.08 Å². The Balaban J connectivity index is 0. The first-order valence-corrected chi connectivity index (χ1v) is 2.11. The van der Waals surface area contributed by atoms with Gasteiger partial charge >= 0.3 is 5.97 Å². The summed E-state index contributed by atoms with van der Waals surface area (Å²) in [5.41, 5.74) is 0. The van der Waals surface area contributed by atoms with E-state index in [2.05, 4.69) is 16.4 Å². The van der Waals surface area contributed by atoms with Crippen LogP contribution in [0.15, 0.2) is 12.7 Å². The van der Waals surface area contributed by atoms with Gasteiger partial charge in [0.2, 0.25) is 0 Å². The van der Waals surface area contributed by atoms with Gasteiger partial charge in [-0.15, -0.1) is 0 Å². The van der Waals surface area contributed by atoms with Crippen LogP contribution in [0, 0.1) is 0 Å². The normalized spacial score (nSPS) is 6.89. The van der Waals surface area contributed by atoms with Crippen molar-refractivity contribution in [2.75, 3.05) is 14.2 Å². The fourth-order valence-corrected chi connectivity index (χ4v) is 0. The number of rotatable bonds is 2. The van der Waals surface area contributed by atoms with Crippen LogP contribution in [0.4, 0.5) is 0 Å². The van der Waals surface area contributed by atoms with Crippen molar-refractivity contribution >= 4 is 5.97 Å². The summed E-state index contributed by atoms with van der Waals surface area (Å²) >= 11 is 0. The second-order valence-electron chi connectivity index (χ2n) is 0.876. The first kappa shape index (κ1) is 11.0. The lowest BCUT2D eigenvalue weighted by Gasteiger charge is -1.78. The Morgan fingerprint density at radius 1 is 1.56 bits per heavy atom. The fourth-order valence-electron chi connectivity index (χ4n) is 0. The monoisotopic (exact) mass is 134 g/mol. The van der Waals surface area contributed by atoms with E-state index in [0.29, 0.717) is 0 Å². The molecule has 0 heterocycles. The van der Waals surface area contributed by atoms with Crippen LogP contribution < -0.4 is 0 Å². The largest absolute Gasteiger partial charge is 0.478 e. The molecule has 0 atom stereocenters. The molecule has 0 unspecified atom stereocenters. The summed E-state index contributed by atoms with van der Waals surface area (Å²) in [7, 11) is 2.92. The number of aliphatic carboxylic acids is 1. The van der Waals surface area contributed by atoms with Crippen molar-refractivity contribution in [3.63, 3.8) is 0 Å². The highest BCUT2D eigenvalue weighted by molar-refractivity contribution is 5.78. The number of carbonyl (C=O) groups is 1. The molecule has 1 N–H and O–H groups in total. The van der Waals surface area contributed by atoms with Crippen LogP contribution >= 0.6 is 0 Å². The zero-order valence-corrected chi connectivity index (χ0v) is 5.46. The minimum atomic E-state index is -0.981. The Morgan fingerprint density at radius 2 is 1.78 bits per heavy atom. The van der Waals surface area contributed by atoms with Crippen LogP contribution in [-0.2, 0) is 14.6 Å². The lowest BCUT2D eigenvalue weighted by Crippen LogP contribution is -1.82. The Morgan fingerprint density at radius 3 is 1.78 bits per heavy atom. The third kappa shape index (κ3) is 41.4. The highest BCUT2D eigenvalue weighted by Gasteiger charge is 1.73. The molecule has 0 aromatic heterocycles. The van der Waals surface area contributed by atoms with Gasteiger partial charge in [0.25, 0.3) is 0 Å². The van der Waals surface area contributed by atoms with E-state index >= 15 is 0 Å². The Labute approximate surface area is 53.6 Å². The minimum absolute atomic E-state index is 0.833. The molecule has 0 rings (SSSR count). The zero-order chi connectivity index (χ0) is 7.70. The second-order valence-corrected chi connectivity index (χ2v) is 0.876. The average molecular weight is 134 g/mol. The predicted molar refractivity (Wildman–Crippen MR) is 31.9 cm³/mol. The molecule has 0 aromatic rings. The average Bonchev–Trinajstić information content (AvgIpc) is 1.89. The maximum atomic E-state index is 9.25. The van der Waals surface area contributed by atoms with Gasteiger partial charge in [-0.05, 0) is 0 Å². The molecule has 54 valence electrons. The van der Waals surface area contributed by atoms with Gasteiger partial charge < -0.3 is 5.11 Å². The van der Waals surface area contributed by atoms with Crippen LogP contribution in [0.2, 0.25) is 0 Å². The summed E-state index contributed by atoms with van der Waals surface area (Å²) in [5, 5.41) is 7.60. The van der Waals surface area contributed by atoms with Gasteiger partial charge in [0.05, 0.1) is 14.2 Å². The molecule has 0 aliphatic rings. The standard InChI is InChI=1S/C3H4O2.C2H6O2/c1-2-3(4)5;1-3-4-2/h2H,1H2,(H,4,5);1-2H3. The van der Waals surface area contributed by atoms with Crippen LogP contribution in [0.3, 0.4) is 0 Å². The summed E-state index contributed by atoms with van der Waals surface area (Å²) in [6.45, 7) is 2.96. The second kappa shape index (κ2) is 10.2. The van der Waals surface area contributed by atoms with E-state index in [4.69, 9.17) is 5.11 Å². The summed E-state index contributed by atoms with van der Waals surface area (Å²) in [6, 6.07) is 0. The van der Waals surface area contributed by atoms with Crippen LogP contribution in [0.25, 0.3) is 0 Å². The summed E-state index contributed by atoms with van der Waals surface area (Å²) in [6.07, 6.45) is 0.833. The SMILES string of the molecule is C=CC(=O)O.COOC. The number of carboxylic acid groups (broad SMARTS) is 1. The van der Waals surface area contributed by atoms with Gasteiger partial charge in [-0.3, -0.25) is 0 Å². The van der Waals surface area contributed by atoms with Gasteiger partial charge in [0, 0.05) is 6.08 Å². The molecule has 0 aliphatic heterocycles. The van der Waals surface area contributed by atoms with Crippen molar-refractivity contribution in [1.82, 2.24) is 0 Å². The maximum absolute atomic E-state index is 9.25. The molecule has 0 bridgehead atoms. The van der Waals surface area contributed by atoms with Gasteiger partial charge in [-0.1, -0.05) is 6.58 Å². The van der Waals surface area contributed by atoms with Gasteiger partial charge in [-0.2, -0.15) is 0 Å². The number of carboxylic acids is 1. The highest BCUT2D eigenvalue weighted by atomic mass is 17.2. The molecular weight excluding hydrogens is 124 g/mol. The van der Waals surface area contributed by atoms with Crippen LogP contribution in [0.5, 0.6) is 0 Å². The van der Waals surface area contributed by atoms with E-state index in [1.165, 1.54) is 14.2 Å².